The molecule has 0 radical (unpaired) electrons. The van der Waals surface area contributed by atoms with Crippen LogP contribution in [0.3, 0.4) is 0 Å². The Labute approximate surface area is 183 Å². The Balaban J connectivity index is 1.78. The quantitative estimate of drug-likeness (QED) is 0.565. The third-order valence-corrected chi connectivity index (χ3v) is 8.57. The molecule has 1 aromatic heterocycles. The van der Waals surface area contributed by atoms with Gasteiger partial charge in [0.05, 0.1) is 12.8 Å². The highest BCUT2D eigenvalue weighted by Crippen LogP contribution is 2.61. The second-order valence-electron chi connectivity index (χ2n) is 10.0. The van der Waals surface area contributed by atoms with Crippen LogP contribution in [0.2, 0.25) is 0 Å². The third kappa shape index (κ3) is 4.12. The molecule has 0 saturated heterocycles. The van der Waals surface area contributed by atoms with Gasteiger partial charge in [-0.15, -0.1) is 0 Å². The summed E-state index contributed by atoms with van der Waals surface area (Å²) in [5, 5.41) is 2.96. The van der Waals surface area contributed by atoms with E-state index in [1.807, 2.05) is 6.26 Å². The molecule has 1 aromatic rings. The molecule has 0 bridgehead atoms. The Kier molecular flexibility index (Phi) is 7.16. The first-order chi connectivity index (χ1) is 14.3. The third-order valence-electron chi connectivity index (χ3n) is 8.57. The molecule has 0 aromatic carbocycles. The summed E-state index contributed by atoms with van der Waals surface area (Å²) in [4.78, 5) is 15.3. The molecule has 1 N–H and O–H groups in total. The minimum absolute atomic E-state index is 0.150. The first kappa shape index (κ1) is 23.1. The number of amides is 1. The lowest BCUT2D eigenvalue weighted by atomic mass is 9.46. The van der Waals surface area contributed by atoms with E-state index < -0.39 is 0 Å². The van der Waals surface area contributed by atoms with E-state index in [9.17, 15) is 4.79 Å². The molecule has 2 aliphatic carbocycles. The molecule has 0 spiro atoms. The largest absolute Gasteiger partial charge is 0.468 e. The fraction of sp³-hybridized carbons (Fsp3) is 0.731. The molecule has 168 valence electrons. The van der Waals surface area contributed by atoms with Gasteiger partial charge in [-0.2, -0.15) is 0 Å². The van der Waals surface area contributed by atoms with Crippen molar-refractivity contribution in [1.29, 1.82) is 0 Å². The van der Waals surface area contributed by atoms with Crippen LogP contribution in [0.5, 0.6) is 0 Å². The van der Waals surface area contributed by atoms with E-state index in [0.29, 0.717) is 11.8 Å². The van der Waals surface area contributed by atoms with E-state index in [0.717, 1.165) is 63.9 Å². The average molecular weight is 415 g/mol. The number of carbonyl (C=O) groups is 1. The van der Waals surface area contributed by atoms with Gasteiger partial charge in [0, 0.05) is 12.5 Å². The molecule has 0 aliphatic heterocycles. The minimum atomic E-state index is -0.260. The van der Waals surface area contributed by atoms with Crippen LogP contribution in [0.25, 0.3) is 0 Å². The second-order valence-corrected chi connectivity index (χ2v) is 10.0. The summed E-state index contributed by atoms with van der Waals surface area (Å²) in [5.74, 6) is 2.23. The number of fused-ring (bicyclic) bond motifs is 1. The van der Waals surface area contributed by atoms with Crippen LogP contribution in [0, 0.1) is 22.7 Å². The zero-order valence-electron chi connectivity index (χ0n) is 19.9. The first-order valence-corrected chi connectivity index (χ1v) is 12.0. The second kappa shape index (κ2) is 9.30. The van der Waals surface area contributed by atoms with Crippen molar-refractivity contribution in [2.24, 2.45) is 22.7 Å². The van der Waals surface area contributed by atoms with Crippen molar-refractivity contribution in [3.8, 4) is 0 Å². The van der Waals surface area contributed by atoms with Crippen molar-refractivity contribution in [3.63, 3.8) is 0 Å². The number of carbonyl (C=O) groups excluding carboxylic acids is 1. The number of furan rings is 1. The standard InChI is InChI=1S/C26H42N2O2/c1-7-28(8-2)18-22-20(14-17-30-22)11-12-21-19(3)10-13-23-25(21,4)15-9-16-26(23,5)24(29)27-6/h14,17,21,23H,3,7-13,15-16,18H2,1-2,4-6H3,(H,27,29)/t21-,23-,25+,26-/m0/s1. The molecule has 2 saturated carbocycles. The molecule has 1 amide bonds. The van der Waals surface area contributed by atoms with Crippen molar-refractivity contribution < 1.29 is 9.21 Å². The first-order valence-electron chi connectivity index (χ1n) is 12.0. The maximum absolute atomic E-state index is 12.9. The molecular weight excluding hydrogens is 372 g/mol. The molecule has 30 heavy (non-hydrogen) atoms. The lowest BCUT2D eigenvalue weighted by Gasteiger charge is -2.58. The summed E-state index contributed by atoms with van der Waals surface area (Å²) in [7, 11) is 1.79. The van der Waals surface area contributed by atoms with E-state index in [4.69, 9.17) is 4.42 Å². The number of rotatable bonds is 8. The Morgan fingerprint density at radius 1 is 1.30 bits per heavy atom. The van der Waals surface area contributed by atoms with Crippen LogP contribution in [0.15, 0.2) is 28.9 Å². The van der Waals surface area contributed by atoms with E-state index in [2.05, 4.69) is 50.6 Å². The number of allylic oxidation sites excluding steroid dienone is 1. The van der Waals surface area contributed by atoms with Gasteiger partial charge in [-0.1, -0.05) is 46.3 Å². The highest BCUT2D eigenvalue weighted by molar-refractivity contribution is 5.82. The highest BCUT2D eigenvalue weighted by atomic mass is 16.3. The summed E-state index contributed by atoms with van der Waals surface area (Å²) in [6.45, 7) is 16.5. The number of hydrogen-bond donors (Lipinski definition) is 1. The van der Waals surface area contributed by atoms with E-state index in [1.54, 1.807) is 7.05 Å². The summed E-state index contributed by atoms with van der Waals surface area (Å²) < 4.78 is 5.86. The molecule has 4 nitrogen and oxygen atoms in total. The molecule has 4 heteroatoms. The molecule has 3 rings (SSSR count). The van der Waals surface area contributed by atoms with Crippen LogP contribution in [0.4, 0.5) is 0 Å². The smallest absolute Gasteiger partial charge is 0.225 e. The average Bonchev–Trinajstić information content (AvgIpc) is 3.17. The molecule has 1 heterocycles. The Bertz CT molecular complexity index is 750. The SMILES string of the molecule is C=C1CC[C@H]2[C@](C)(CCC[C@]2(C)C(=O)NC)[C@H]1CCc1ccoc1CN(CC)CC. The van der Waals surface area contributed by atoms with Crippen molar-refractivity contribution in [2.45, 2.75) is 79.2 Å². The number of nitrogens with one attached hydrogen (secondary N) is 1. The predicted molar refractivity (Wildman–Crippen MR) is 123 cm³/mol. The predicted octanol–water partition coefficient (Wildman–Crippen LogP) is 5.58. The van der Waals surface area contributed by atoms with Gasteiger partial charge in [-0.3, -0.25) is 9.69 Å². The van der Waals surface area contributed by atoms with Crippen LogP contribution < -0.4 is 5.32 Å². The molecule has 0 unspecified atom stereocenters. The fourth-order valence-electron chi connectivity index (χ4n) is 6.72. The van der Waals surface area contributed by atoms with E-state index in [-0.39, 0.29) is 16.7 Å². The fourth-order valence-corrected chi connectivity index (χ4v) is 6.72. The summed E-state index contributed by atoms with van der Waals surface area (Å²) in [6.07, 6.45) is 9.44. The van der Waals surface area contributed by atoms with Gasteiger partial charge in [0.25, 0.3) is 0 Å². The van der Waals surface area contributed by atoms with Gasteiger partial charge in [0.2, 0.25) is 5.91 Å². The Morgan fingerprint density at radius 2 is 2.03 bits per heavy atom. The Hall–Kier alpha value is -1.55. The van der Waals surface area contributed by atoms with Crippen molar-refractivity contribution >= 4 is 5.91 Å². The maximum Gasteiger partial charge on any atom is 0.225 e. The van der Waals surface area contributed by atoms with Crippen LogP contribution in [-0.4, -0.2) is 30.9 Å². The van der Waals surface area contributed by atoms with E-state index >= 15 is 0 Å². The summed E-state index contributed by atoms with van der Waals surface area (Å²) in [6, 6.07) is 2.15. The van der Waals surface area contributed by atoms with Gasteiger partial charge in [0.1, 0.15) is 5.76 Å². The molecule has 4 atom stereocenters. The van der Waals surface area contributed by atoms with Crippen molar-refractivity contribution in [2.75, 3.05) is 20.1 Å². The Morgan fingerprint density at radius 3 is 2.70 bits per heavy atom. The lowest BCUT2D eigenvalue weighted by molar-refractivity contribution is -0.145. The maximum atomic E-state index is 12.9. The minimum Gasteiger partial charge on any atom is -0.468 e. The monoisotopic (exact) mass is 414 g/mol. The lowest BCUT2D eigenvalue weighted by Crippen LogP contribution is -2.55. The number of nitrogens with zero attached hydrogens (tertiary/aromatic N) is 1. The molecular formula is C26H42N2O2. The summed E-state index contributed by atoms with van der Waals surface area (Å²) in [5.41, 5.74) is 2.62. The van der Waals surface area contributed by atoms with Gasteiger partial charge in [-0.25, -0.2) is 0 Å². The van der Waals surface area contributed by atoms with Crippen LogP contribution >= 0.6 is 0 Å². The number of hydrogen-bond acceptors (Lipinski definition) is 3. The van der Waals surface area contributed by atoms with Crippen LogP contribution in [-0.2, 0) is 17.8 Å². The topological polar surface area (TPSA) is 45.5 Å². The van der Waals surface area contributed by atoms with Crippen molar-refractivity contribution in [1.82, 2.24) is 10.2 Å². The normalized spacial score (nSPS) is 31.6. The molecule has 2 aliphatic rings. The van der Waals surface area contributed by atoms with Crippen LogP contribution in [0.1, 0.15) is 77.5 Å². The molecule has 2 fully saturated rings. The van der Waals surface area contributed by atoms with E-state index in [1.165, 1.54) is 17.6 Å². The zero-order valence-corrected chi connectivity index (χ0v) is 19.9. The van der Waals surface area contributed by atoms with Gasteiger partial charge in [0.15, 0.2) is 0 Å². The summed E-state index contributed by atoms with van der Waals surface area (Å²) >= 11 is 0. The highest BCUT2D eigenvalue weighted by Gasteiger charge is 2.56. The number of aryl methyl sites for hydroxylation is 1. The van der Waals surface area contributed by atoms with Crippen molar-refractivity contribution in [3.05, 3.63) is 35.8 Å². The van der Waals surface area contributed by atoms with Gasteiger partial charge < -0.3 is 9.73 Å². The zero-order chi connectivity index (χ0) is 21.9. The van der Waals surface area contributed by atoms with Gasteiger partial charge in [-0.05, 0) is 80.5 Å². The van der Waals surface area contributed by atoms with Gasteiger partial charge >= 0.3 is 0 Å².